The molecule has 1 saturated carbocycles. The highest BCUT2D eigenvalue weighted by Gasteiger charge is 2.42. The van der Waals surface area contributed by atoms with Crippen molar-refractivity contribution in [2.75, 3.05) is 4.90 Å². The Morgan fingerprint density at radius 1 is 1.14 bits per heavy atom. The maximum atomic E-state index is 11.3. The lowest BCUT2D eigenvalue weighted by Crippen LogP contribution is -2.46. The molecule has 3 aliphatic rings. The number of fused-ring (bicyclic) bond motifs is 3. The molecule has 1 N–H and O–H groups in total. The van der Waals surface area contributed by atoms with Crippen LogP contribution in [0.5, 0.6) is 0 Å². The van der Waals surface area contributed by atoms with Gasteiger partial charge in [-0.05, 0) is 57.1 Å². The van der Waals surface area contributed by atoms with Crippen LogP contribution in [0, 0.1) is 6.92 Å². The van der Waals surface area contributed by atoms with E-state index in [9.17, 15) is 9.90 Å². The third kappa shape index (κ3) is 3.98. The molecule has 190 valence electrons. The number of carboxylic acids is 1. The summed E-state index contributed by atoms with van der Waals surface area (Å²) in [5.41, 5.74) is 4.87. The van der Waals surface area contributed by atoms with Gasteiger partial charge in [0.05, 0.1) is 12.7 Å². The summed E-state index contributed by atoms with van der Waals surface area (Å²) in [6.07, 6.45) is 8.35. The maximum absolute atomic E-state index is 11.3. The fraction of sp³-hybridized carbons (Fsp3) is 0.429. The van der Waals surface area contributed by atoms with E-state index in [1.54, 1.807) is 6.20 Å². The Balaban J connectivity index is 1.09. The highest BCUT2D eigenvalue weighted by Crippen LogP contribution is 2.45. The maximum Gasteiger partial charge on any atom is 0.356 e. The third-order valence-corrected chi connectivity index (χ3v) is 8.11. The van der Waals surface area contributed by atoms with Crippen LogP contribution in [-0.2, 0) is 11.3 Å². The number of nitrogens with zero attached hydrogens (tertiary/aromatic N) is 5. The normalized spacial score (nSPS) is 23.2. The summed E-state index contributed by atoms with van der Waals surface area (Å²) in [5, 5.41) is 17.8. The van der Waals surface area contributed by atoms with Crippen LogP contribution in [0.25, 0.3) is 16.9 Å². The van der Waals surface area contributed by atoms with Gasteiger partial charge >= 0.3 is 5.97 Å². The van der Waals surface area contributed by atoms with Crippen molar-refractivity contribution in [3.8, 4) is 11.3 Å². The van der Waals surface area contributed by atoms with Crippen LogP contribution < -0.4 is 4.90 Å². The lowest BCUT2D eigenvalue weighted by Gasteiger charge is -2.39. The van der Waals surface area contributed by atoms with Gasteiger partial charge in [0, 0.05) is 41.4 Å². The molecule has 2 unspecified atom stereocenters. The lowest BCUT2D eigenvalue weighted by atomic mass is 9.98. The molecule has 3 fully saturated rings. The molecule has 4 aromatic rings. The zero-order valence-electron chi connectivity index (χ0n) is 20.7. The van der Waals surface area contributed by atoms with Gasteiger partial charge in [-0.1, -0.05) is 29.4 Å². The van der Waals surface area contributed by atoms with Gasteiger partial charge in [-0.2, -0.15) is 5.10 Å². The second-order valence-corrected chi connectivity index (χ2v) is 10.6. The topological polar surface area (TPSA) is 106 Å². The van der Waals surface area contributed by atoms with Gasteiger partial charge in [-0.25, -0.2) is 14.3 Å². The first-order valence-electron chi connectivity index (χ1n) is 13.1. The van der Waals surface area contributed by atoms with Crippen LogP contribution in [0.15, 0.2) is 47.1 Å². The largest absolute Gasteiger partial charge is 0.476 e. The predicted molar refractivity (Wildman–Crippen MR) is 136 cm³/mol. The van der Waals surface area contributed by atoms with Crippen LogP contribution in [0.3, 0.4) is 0 Å². The third-order valence-electron chi connectivity index (χ3n) is 8.11. The summed E-state index contributed by atoms with van der Waals surface area (Å²) in [7, 11) is 0. The summed E-state index contributed by atoms with van der Waals surface area (Å²) in [5.74, 6) is 1.30. The molecule has 0 amide bonds. The Labute approximate surface area is 214 Å². The van der Waals surface area contributed by atoms with Crippen molar-refractivity contribution in [2.24, 2.45) is 0 Å². The molecule has 9 heteroatoms. The molecule has 0 spiro atoms. The van der Waals surface area contributed by atoms with Crippen molar-refractivity contribution in [1.82, 2.24) is 19.8 Å². The molecule has 2 saturated heterocycles. The summed E-state index contributed by atoms with van der Waals surface area (Å²) in [6.45, 7) is 2.62. The molecular weight excluding hydrogens is 470 g/mol. The highest BCUT2D eigenvalue weighted by atomic mass is 16.5. The van der Waals surface area contributed by atoms with Gasteiger partial charge in [0.2, 0.25) is 0 Å². The number of hydrogen-bond acceptors (Lipinski definition) is 7. The van der Waals surface area contributed by atoms with Crippen molar-refractivity contribution < 1.29 is 19.2 Å². The van der Waals surface area contributed by atoms with Gasteiger partial charge in [0.1, 0.15) is 17.3 Å². The smallest absolute Gasteiger partial charge is 0.356 e. The molecule has 3 atom stereocenters. The number of hydrogen-bond donors (Lipinski definition) is 1. The van der Waals surface area contributed by atoms with E-state index in [4.69, 9.17) is 14.2 Å². The second kappa shape index (κ2) is 8.69. The Morgan fingerprint density at radius 3 is 2.65 bits per heavy atom. The van der Waals surface area contributed by atoms with Crippen LogP contribution >= 0.6 is 0 Å². The van der Waals surface area contributed by atoms with Gasteiger partial charge in [0.15, 0.2) is 11.3 Å². The van der Waals surface area contributed by atoms with Crippen molar-refractivity contribution in [3.05, 3.63) is 65.2 Å². The van der Waals surface area contributed by atoms with E-state index in [2.05, 4.69) is 34.2 Å². The molecule has 2 aliphatic heterocycles. The minimum absolute atomic E-state index is 0.00380. The highest BCUT2D eigenvalue weighted by molar-refractivity contribution is 5.86. The lowest BCUT2D eigenvalue weighted by molar-refractivity contribution is 0.0146. The molecule has 2 bridgehead atoms. The van der Waals surface area contributed by atoms with Gasteiger partial charge < -0.3 is 19.3 Å². The number of aryl methyl sites for hydroxylation is 1. The molecular formula is C28H29N5O4. The first-order valence-corrected chi connectivity index (χ1v) is 13.1. The molecule has 5 heterocycles. The van der Waals surface area contributed by atoms with Crippen LogP contribution in [-0.4, -0.2) is 49.0 Å². The number of anilines is 1. The van der Waals surface area contributed by atoms with E-state index in [-0.39, 0.29) is 11.8 Å². The van der Waals surface area contributed by atoms with Crippen molar-refractivity contribution >= 4 is 17.4 Å². The molecule has 7 rings (SSSR count). The van der Waals surface area contributed by atoms with E-state index in [0.29, 0.717) is 30.3 Å². The van der Waals surface area contributed by atoms with Crippen LogP contribution in [0.2, 0.25) is 0 Å². The zero-order chi connectivity index (χ0) is 25.1. The Bertz CT molecular complexity index is 1480. The predicted octanol–water partition coefficient (Wildman–Crippen LogP) is 4.98. The SMILES string of the molecule is Cc1ccccc1-c1noc(C2CC2)c1COC1CC2CC[C@@H](C1)N2c1ccn2nc(C(=O)O)cc2n1. The molecule has 9 nitrogen and oxygen atoms in total. The zero-order valence-corrected chi connectivity index (χ0v) is 20.7. The Kier molecular flexibility index (Phi) is 5.28. The van der Waals surface area contributed by atoms with Gasteiger partial charge in [-0.15, -0.1) is 0 Å². The van der Waals surface area contributed by atoms with Crippen LogP contribution in [0.4, 0.5) is 5.82 Å². The van der Waals surface area contributed by atoms with E-state index in [1.165, 1.54) is 16.1 Å². The number of carbonyl (C=O) groups is 1. The van der Waals surface area contributed by atoms with Crippen molar-refractivity contribution in [2.45, 2.75) is 76.2 Å². The van der Waals surface area contributed by atoms with Gasteiger partial charge in [-0.3, -0.25) is 0 Å². The number of aromatic carboxylic acids is 1. The number of aromatic nitrogens is 4. The van der Waals surface area contributed by atoms with E-state index in [0.717, 1.165) is 66.9 Å². The molecule has 37 heavy (non-hydrogen) atoms. The fourth-order valence-corrected chi connectivity index (χ4v) is 6.13. The molecule has 0 radical (unpaired) electrons. The molecule has 1 aliphatic carbocycles. The van der Waals surface area contributed by atoms with Crippen LogP contribution in [0.1, 0.15) is 71.8 Å². The summed E-state index contributed by atoms with van der Waals surface area (Å²) in [6, 6.07) is 12.5. The van der Waals surface area contributed by atoms with E-state index >= 15 is 0 Å². The monoisotopic (exact) mass is 499 g/mol. The number of carboxylic acid groups (broad SMARTS) is 1. The molecule has 3 aromatic heterocycles. The fourth-order valence-electron chi connectivity index (χ4n) is 6.13. The molecule has 1 aromatic carbocycles. The van der Waals surface area contributed by atoms with Crippen molar-refractivity contribution in [3.63, 3.8) is 0 Å². The van der Waals surface area contributed by atoms with Gasteiger partial charge in [0.25, 0.3) is 0 Å². The van der Waals surface area contributed by atoms with E-state index in [1.807, 2.05) is 18.2 Å². The minimum Gasteiger partial charge on any atom is -0.476 e. The first-order chi connectivity index (χ1) is 18.0. The quantitative estimate of drug-likeness (QED) is 0.379. The average Bonchev–Trinajstić information content (AvgIpc) is 3.40. The summed E-state index contributed by atoms with van der Waals surface area (Å²) in [4.78, 5) is 18.4. The standard InChI is InChI=1S/C28H29N5O4/c1-16-4-2-3-5-21(16)26-22(27(37-31-26)17-6-7-17)15-36-20-12-18-8-9-19(13-20)33(18)24-10-11-32-25(29-24)14-23(30-32)28(34)35/h2-5,10-11,14,17-20H,6-9,12-13,15H2,1H3,(H,34,35)/t18-,19?,20?/m0/s1. The minimum atomic E-state index is -1.05. The second-order valence-electron chi connectivity index (χ2n) is 10.6. The number of piperidine rings is 1. The van der Waals surface area contributed by atoms with Crippen molar-refractivity contribution in [1.29, 1.82) is 0 Å². The summed E-state index contributed by atoms with van der Waals surface area (Å²) < 4.78 is 14.0. The number of benzene rings is 1. The Hall–Kier alpha value is -3.72. The number of rotatable bonds is 7. The summed E-state index contributed by atoms with van der Waals surface area (Å²) >= 11 is 0. The Morgan fingerprint density at radius 2 is 1.92 bits per heavy atom. The van der Waals surface area contributed by atoms with E-state index < -0.39 is 5.97 Å². The number of ether oxygens (including phenoxy) is 1. The first kappa shape index (κ1) is 22.5. The average molecular weight is 500 g/mol.